The van der Waals surface area contributed by atoms with Crippen LogP contribution in [0.15, 0.2) is 4.99 Å². The number of morpholine rings is 1. The second kappa shape index (κ2) is 10.8. The molecule has 0 amide bonds. The van der Waals surface area contributed by atoms with E-state index in [0.717, 1.165) is 77.8 Å². The molecular formula is C16H32N4O3. The van der Waals surface area contributed by atoms with E-state index in [2.05, 4.69) is 27.6 Å². The molecule has 2 rings (SSSR count). The van der Waals surface area contributed by atoms with E-state index in [9.17, 15) is 0 Å². The van der Waals surface area contributed by atoms with Crippen LogP contribution in [-0.2, 0) is 14.2 Å². The van der Waals surface area contributed by atoms with Gasteiger partial charge in [-0.1, -0.05) is 0 Å². The van der Waals surface area contributed by atoms with Crippen LogP contribution in [0.25, 0.3) is 0 Å². The Bertz CT molecular complexity index is 348. The predicted molar refractivity (Wildman–Crippen MR) is 91.0 cm³/mol. The van der Waals surface area contributed by atoms with Gasteiger partial charge in [-0.3, -0.25) is 4.99 Å². The van der Waals surface area contributed by atoms with Gasteiger partial charge in [-0.25, -0.2) is 0 Å². The molecule has 2 atom stereocenters. The fraction of sp³-hybridized carbons (Fsp3) is 0.938. The summed E-state index contributed by atoms with van der Waals surface area (Å²) in [4.78, 5) is 6.53. The third kappa shape index (κ3) is 7.48. The number of guanidine groups is 1. The predicted octanol–water partition coefficient (Wildman–Crippen LogP) is 0.0677. The van der Waals surface area contributed by atoms with Crippen molar-refractivity contribution < 1.29 is 14.2 Å². The molecule has 7 nitrogen and oxygen atoms in total. The lowest BCUT2D eigenvalue weighted by Crippen LogP contribution is -2.48. The molecule has 0 aromatic heterocycles. The first-order valence-electron chi connectivity index (χ1n) is 8.72. The van der Waals surface area contributed by atoms with Crippen LogP contribution in [0.5, 0.6) is 0 Å². The highest BCUT2D eigenvalue weighted by Crippen LogP contribution is 2.11. The lowest BCUT2D eigenvalue weighted by atomic mass is 10.2. The van der Waals surface area contributed by atoms with Gasteiger partial charge < -0.3 is 29.7 Å². The van der Waals surface area contributed by atoms with E-state index in [0.29, 0.717) is 6.10 Å². The molecule has 0 aromatic rings. The molecule has 134 valence electrons. The fourth-order valence-corrected chi connectivity index (χ4v) is 2.79. The number of likely N-dealkylation sites (N-methyl/N-ethyl adjacent to an activating group) is 1. The van der Waals surface area contributed by atoms with Crippen LogP contribution in [0.4, 0.5) is 0 Å². The minimum Gasteiger partial charge on any atom is -0.379 e. The van der Waals surface area contributed by atoms with E-state index in [-0.39, 0.29) is 6.10 Å². The molecule has 23 heavy (non-hydrogen) atoms. The summed E-state index contributed by atoms with van der Waals surface area (Å²) in [5.74, 6) is 0.820. The summed E-state index contributed by atoms with van der Waals surface area (Å²) >= 11 is 0. The van der Waals surface area contributed by atoms with E-state index in [1.54, 1.807) is 7.05 Å². The van der Waals surface area contributed by atoms with E-state index in [1.165, 1.54) is 0 Å². The molecule has 0 saturated carbocycles. The Morgan fingerprint density at radius 3 is 2.87 bits per heavy atom. The first kappa shape index (κ1) is 18.4. The summed E-state index contributed by atoms with van der Waals surface area (Å²) in [5, 5.41) is 6.63. The highest BCUT2D eigenvalue weighted by molar-refractivity contribution is 5.79. The second-order valence-corrected chi connectivity index (χ2v) is 6.20. The Hall–Kier alpha value is -0.890. The van der Waals surface area contributed by atoms with Crippen molar-refractivity contribution in [1.29, 1.82) is 0 Å². The van der Waals surface area contributed by atoms with Gasteiger partial charge in [0.2, 0.25) is 0 Å². The monoisotopic (exact) mass is 328 g/mol. The van der Waals surface area contributed by atoms with Gasteiger partial charge in [0.05, 0.1) is 25.4 Å². The van der Waals surface area contributed by atoms with Crippen LogP contribution in [0, 0.1) is 0 Å². The van der Waals surface area contributed by atoms with E-state index in [1.807, 2.05) is 0 Å². The van der Waals surface area contributed by atoms with Crippen LogP contribution >= 0.6 is 0 Å². The van der Waals surface area contributed by atoms with Crippen LogP contribution in [0.3, 0.4) is 0 Å². The van der Waals surface area contributed by atoms with E-state index in [4.69, 9.17) is 14.2 Å². The van der Waals surface area contributed by atoms with Gasteiger partial charge in [0, 0.05) is 46.4 Å². The van der Waals surface area contributed by atoms with Gasteiger partial charge in [-0.05, 0) is 26.3 Å². The SMILES string of the molecule is CN=C(NCCCOCC1CCCO1)NCC1CN(C)CCO1. The van der Waals surface area contributed by atoms with Gasteiger partial charge in [-0.2, -0.15) is 0 Å². The standard InChI is InChI=1S/C16H32N4O3/c1-17-16(19-11-15-12-20(2)7-10-23-15)18-6-4-8-21-13-14-5-3-9-22-14/h14-15H,3-13H2,1-2H3,(H2,17,18,19). The zero-order valence-electron chi connectivity index (χ0n) is 14.6. The van der Waals surface area contributed by atoms with Crippen LogP contribution < -0.4 is 10.6 Å². The van der Waals surface area contributed by atoms with Crippen LogP contribution in [0.1, 0.15) is 19.3 Å². The summed E-state index contributed by atoms with van der Waals surface area (Å²) in [5.41, 5.74) is 0. The third-order valence-electron chi connectivity index (χ3n) is 4.15. The van der Waals surface area contributed by atoms with Gasteiger partial charge in [0.1, 0.15) is 0 Å². The van der Waals surface area contributed by atoms with Gasteiger partial charge in [-0.15, -0.1) is 0 Å². The number of aliphatic imine (C=N–C) groups is 1. The molecule has 2 aliphatic rings. The molecule has 2 N–H and O–H groups in total. The quantitative estimate of drug-likeness (QED) is 0.373. The molecule has 7 heteroatoms. The van der Waals surface area contributed by atoms with Crippen molar-refractivity contribution in [2.75, 3.05) is 66.7 Å². The molecule has 2 aliphatic heterocycles. The number of ether oxygens (including phenoxy) is 3. The van der Waals surface area contributed by atoms with Crippen molar-refractivity contribution in [3.05, 3.63) is 0 Å². The molecule has 2 unspecified atom stereocenters. The lowest BCUT2D eigenvalue weighted by Gasteiger charge is -2.30. The van der Waals surface area contributed by atoms with Gasteiger partial charge in [0.25, 0.3) is 0 Å². The van der Waals surface area contributed by atoms with Crippen LogP contribution in [0.2, 0.25) is 0 Å². The molecular weight excluding hydrogens is 296 g/mol. The molecule has 0 bridgehead atoms. The maximum atomic E-state index is 5.73. The number of nitrogens with zero attached hydrogens (tertiary/aromatic N) is 2. The number of rotatable bonds is 8. The smallest absolute Gasteiger partial charge is 0.191 e. The second-order valence-electron chi connectivity index (χ2n) is 6.20. The summed E-state index contributed by atoms with van der Waals surface area (Å²) in [6.45, 7) is 6.75. The summed E-state index contributed by atoms with van der Waals surface area (Å²) < 4.78 is 16.9. The molecule has 0 spiro atoms. The average molecular weight is 328 g/mol. The summed E-state index contributed by atoms with van der Waals surface area (Å²) in [6.07, 6.45) is 3.79. The topological polar surface area (TPSA) is 67.4 Å². The maximum absolute atomic E-state index is 5.73. The first-order valence-corrected chi connectivity index (χ1v) is 8.72. The average Bonchev–Trinajstić information content (AvgIpc) is 3.07. The van der Waals surface area contributed by atoms with Crippen molar-refractivity contribution >= 4 is 5.96 Å². The number of nitrogens with one attached hydrogen (secondary N) is 2. The zero-order chi connectivity index (χ0) is 16.3. The fourth-order valence-electron chi connectivity index (χ4n) is 2.79. The Morgan fingerprint density at radius 2 is 2.13 bits per heavy atom. The summed E-state index contributed by atoms with van der Waals surface area (Å²) in [7, 11) is 3.91. The highest BCUT2D eigenvalue weighted by atomic mass is 16.5. The minimum absolute atomic E-state index is 0.224. The normalized spacial score (nSPS) is 26.4. The number of hydrogen-bond donors (Lipinski definition) is 2. The minimum atomic E-state index is 0.224. The maximum Gasteiger partial charge on any atom is 0.191 e. The van der Waals surface area contributed by atoms with E-state index >= 15 is 0 Å². The van der Waals surface area contributed by atoms with Crippen molar-refractivity contribution in [3.63, 3.8) is 0 Å². The largest absolute Gasteiger partial charge is 0.379 e. The van der Waals surface area contributed by atoms with Crippen LogP contribution in [-0.4, -0.2) is 89.8 Å². The van der Waals surface area contributed by atoms with Crippen molar-refractivity contribution in [2.45, 2.75) is 31.5 Å². The molecule has 2 heterocycles. The molecule has 2 fully saturated rings. The molecule has 0 aliphatic carbocycles. The van der Waals surface area contributed by atoms with E-state index < -0.39 is 0 Å². The molecule has 0 aromatic carbocycles. The summed E-state index contributed by atoms with van der Waals surface area (Å²) in [6, 6.07) is 0. The first-order chi connectivity index (χ1) is 11.3. The third-order valence-corrected chi connectivity index (χ3v) is 4.15. The Kier molecular flexibility index (Phi) is 8.67. The Labute approximate surface area is 139 Å². The Morgan fingerprint density at radius 1 is 1.26 bits per heavy atom. The zero-order valence-corrected chi connectivity index (χ0v) is 14.6. The molecule has 0 radical (unpaired) electrons. The molecule has 2 saturated heterocycles. The Balaban J connectivity index is 1.47. The van der Waals surface area contributed by atoms with Crippen molar-refractivity contribution in [3.8, 4) is 0 Å². The lowest BCUT2D eigenvalue weighted by molar-refractivity contribution is -0.0161. The van der Waals surface area contributed by atoms with Crippen molar-refractivity contribution in [1.82, 2.24) is 15.5 Å². The van der Waals surface area contributed by atoms with Gasteiger partial charge in [0.15, 0.2) is 5.96 Å². The highest BCUT2D eigenvalue weighted by Gasteiger charge is 2.17. The van der Waals surface area contributed by atoms with Crippen molar-refractivity contribution in [2.24, 2.45) is 4.99 Å². The van der Waals surface area contributed by atoms with Gasteiger partial charge >= 0.3 is 0 Å². The number of hydrogen-bond acceptors (Lipinski definition) is 5.